The zero-order valence-electron chi connectivity index (χ0n) is 12.6. The number of rotatable bonds is 4. The van der Waals surface area contributed by atoms with Gasteiger partial charge in [-0.15, -0.1) is 0 Å². The Hall–Kier alpha value is -2.34. The van der Waals surface area contributed by atoms with E-state index >= 15 is 0 Å². The van der Waals surface area contributed by atoms with Crippen LogP contribution in [0.1, 0.15) is 6.92 Å². The Bertz CT molecular complexity index is 927. The minimum Gasteiger partial charge on any atom is -0.324 e. The van der Waals surface area contributed by atoms with Gasteiger partial charge in [0.05, 0.1) is 16.7 Å². The largest absolute Gasteiger partial charge is 0.329 e. The van der Waals surface area contributed by atoms with Crippen LogP contribution in [0.2, 0.25) is 0 Å². The van der Waals surface area contributed by atoms with Crippen LogP contribution in [-0.4, -0.2) is 15.0 Å². The van der Waals surface area contributed by atoms with E-state index in [1.165, 1.54) is 4.57 Å². The van der Waals surface area contributed by atoms with Gasteiger partial charge in [-0.05, 0) is 47.1 Å². The molecule has 0 bridgehead atoms. The molecule has 118 valence electrons. The van der Waals surface area contributed by atoms with Gasteiger partial charge in [0, 0.05) is 11.0 Å². The highest BCUT2D eigenvalue weighted by atomic mass is 79.9. The summed E-state index contributed by atoms with van der Waals surface area (Å²) in [6, 6.07) is 14.9. The van der Waals surface area contributed by atoms with Gasteiger partial charge in [0.15, 0.2) is 0 Å². The number of imidazole rings is 1. The zero-order chi connectivity index (χ0) is 16.4. The summed E-state index contributed by atoms with van der Waals surface area (Å²) in [6.07, 6.45) is 0. The summed E-state index contributed by atoms with van der Waals surface area (Å²) in [5, 5.41) is 2.82. The van der Waals surface area contributed by atoms with Gasteiger partial charge >= 0.3 is 5.69 Å². The predicted molar refractivity (Wildman–Crippen MR) is 94.6 cm³/mol. The summed E-state index contributed by atoms with van der Waals surface area (Å²) >= 11 is 3.39. The van der Waals surface area contributed by atoms with Crippen molar-refractivity contribution >= 4 is 38.6 Å². The van der Waals surface area contributed by atoms with Crippen molar-refractivity contribution in [1.29, 1.82) is 0 Å². The number of hydrogen-bond donors (Lipinski definition) is 1. The lowest BCUT2D eigenvalue weighted by Gasteiger charge is -2.07. The Kier molecular flexibility index (Phi) is 4.34. The average Bonchev–Trinajstić information content (AvgIpc) is 2.81. The molecule has 23 heavy (non-hydrogen) atoms. The number of hydrogen-bond acceptors (Lipinski definition) is 2. The Labute approximate surface area is 141 Å². The van der Waals surface area contributed by atoms with Gasteiger partial charge in [0.2, 0.25) is 5.91 Å². The minimum absolute atomic E-state index is 0.0202. The number of para-hydroxylation sites is 3. The number of carbonyl (C=O) groups is 1. The standard InChI is InChI=1S/C17H16BrN3O2/c1-2-20-14-9-5-6-10-15(14)21(17(20)23)11-16(22)19-13-8-4-3-7-12(13)18/h3-10H,2,11H2,1H3,(H,19,22). The molecule has 1 heterocycles. The Morgan fingerprint density at radius 3 is 2.30 bits per heavy atom. The number of fused-ring (bicyclic) bond motifs is 1. The first-order valence-corrected chi connectivity index (χ1v) is 8.13. The molecular formula is C17H16BrN3O2. The van der Waals surface area contributed by atoms with Crippen LogP contribution in [0.25, 0.3) is 11.0 Å². The fourth-order valence-electron chi connectivity index (χ4n) is 2.63. The third kappa shape index (κ3) is 2.94. The van der Waals surface area contributed by atoms with Crippen LogP contribution in [0.5, 0.6) is 0 Å². The van der Waals surface area contributed by atoms with Crippen molar-refractivity contribution in [1.82, 2.24) is 9.13 Å². The van der Waals surface area contributed by atoms with E-state index in [9.17, 15) is 9.59 Å². The lowest BCUT2D eigenvalue weighted by Crippen LogP contribution is -2.29. The fraction of sp³-hybridized carbons (Fsp3) is 0.176. The normalized spacial score (nSPS) is 10.9. The van der Waals surface area contributed by atoms with E-state index in [-0.39, 0.29) is 18.1 Å². The van der Waals surface area contributed by atoms with E-state index in [1.54, 1.807) is 10.6 Å². The number of benzene rings is 2. The molecule has 2 aromatic carbocycles. The summed E-state index contributed by atoms with van der Waals surface area (Å²) in [7, 11) is 0. The fourth-order valence-corrected chi connectivity index (χ4v) is 3.01. The summed E-state index contributed by atoms with van der Waals surface area (Å²) in [4.78, 5) is 24.8. The SMILES string of the molecule is CCn1c(=O)n(CC(=O)Nc2ccccc2Br)c2ccccc21. The summed E-state index contributed by atoms with van der Waals surface area (Å²) in [5.41, 5.74) is 2.12. The second-order valence-electron chi connectivity index (χ2n) is 5.13. The molecule has 0 spiro atoms. The highest BCUT2D eigenvalue weighted by Crippen LogP contribution is 2.21. The molecule has 0 fully saturated rings. The first kappa shape index (κ1) is 15.6. The quantitative estimate of drug-likeness (QED) is 0.763. The van der Waals surface area contributed by atoms with Gasteiger partial charge in [-0.1, -0.05) is 24.3 Å². The third-order valence-corrected chi connectivity index (χ3v) is 4.38. The van der Waals surface area contributed by atoms with Crippen molar-refractivity contribution in [3.63, 3.8) is 0 Å². The van der Waals surface area contributed by atoms with E-state index in [4.69, 9.17) is 0 Å². The van der Waals surface area contributed by atoms with Crippen molar-refractivity contribution < 1.29 is 4.79 Å². The number of amides is 1. The first-order valence-electron chi connectivity index (χ1n) is 7.34. The molecule has 0 saturated carbocycles. The summed E-state index contributed by atoms with van der Waals surface area (Å²) in [5.74, 6) is -0.238. The number of nitrogens with zero attached hydrogens (tertiary/aromatic N) is 2. The molecule has 1 aromatic heterocycles. The van der Waals surface area contributed by atoms with Crippen molar-refractivity contribution in [2.45, 2.75) is 20.0 Å². The number of halogens is 1. The molecular weight excluding hydrogens is 358 g/mol. The minimum atomic E-state index is -0.238. The van der Waals surface area contributed by atoms with Crippen LogP contribution in [0.4, 0.5) is 5.69 Å². The molecule has 0 aliphatic rings. The Balaban J connectivity index is 1.93. The molecule has 6 heteroatoms. The first-order chi connectivity index (χ1) is 11.1. The van der Waals surface area contributed by atoms with Gasteiger partial charge in [-0.25, -0.2) is 4.79 Å². The monoisotopic (exact) mass is 373 g/mol. The molecule has 3 rings (SSSR count). The average molecular weight is 374 g/mol. The second kappa shape index (κ2) is 6.42. The summed E-state index contributed by atoms with van der Waals surface area (Å²) in [6.45, 7) is 2.46. The highest BCUT2D eigenvalue weighted by molar-refractivity contribution is 9.10. The van der Waals surface area contributed by atoms with Gasteiger partial charge in [0.25, 0.3) is 0 Å². The van der Waals surface area contributed by atoms with Crippen molar-refractivity contribution in [3.8, 4) is 0 Å². The lowest BCUT2D eigenvalue weighted by molar-refractivity contribution is -0.116. The van der Waals surface area contributed by atoms with E-state index in [1.807, 2.05) is 49.4 Å². The molecule has 0 aliphatic carbocycles. The zero-order valence-corrected chi connectivity index (χ0v) is 14.2. The number of aromatic nitrogens is 2. The third-order valence-electron chi connectivity index (χ3n) is 3.69. The van der Waals surface area contributed by atoms with Crippen LogP contribution in [0.3, 0.4) is 0 Å². The van der Waals surface area contributed by atoms with E-state index in [0.29, 0.717) is 12.2 Å². The molecule has 0 radical (unpaired) electrons. The van der Waals surface area contributed by atoms with E-state index in [0.717, 1.165) is 15.5 Å². The predicted octanol–water partition coefficient (Wildman–Crippen LogP) is 3.22. The van der Waals surface area contributed by atoms with Crippen LogP contribution in [-0.2, 0) is 17.9 Å². The number of anilines is 1. The van der Waals surface area contributed by atoms with E-state index < -0.39 is 0 Å². The van der Waals surface area contributed by atoms with Crippen molar-refractivity contribution in [3.05, 3.63) is 63.5 Å². The lowest BCUT2D eigenvalue weighted by atomic mass is 10.3. The van der Waals surface area contributed by atoms with E-state index in [2.05, 4.69) is 21.2 Å². The van der Waals surface area contributed by atoms with Gasteiger partial charge < -0.3 is 5.32 Å². The number of aryl methyl sites for hydroxylation is 1. The Morgan fingerprint density at radius 2 is 1.65 bits per heavy atom. The molecule has 0 unspecified atom stereocenters. The summed E-state index contributed by atoms with van der Waals surface area (Å²) < 4.78 is 3.98. The number of carbonyl (C=O) groups excluding carboxylic acids is 1. The van der Waals surface area contributed by atoms with Crippen LogP contribution >= 0.6 is 15.9 Å². The van der Waals surface area contributed by atoms with Gasteiger partial charge in [-0.2, -0.15) is 0 Å². The van der Waals surface area contributed by atoms with Crippen LogP contribution in [0.15, 0.2) is 57.8 Å². The van der Waals surface area contributed by atoms with Gasteiger partial charge in [0.1, 0.15) is 6.54 Å². The van der Waals surface area contributed by atoms with Crippen LogP contribution in [0, 0.1) is 0 Å². The Morgan fingerprint density at radius 1 is 1.04 bits per heavy atom. The number of nitrogens with one attached hydrogen (secondary N) is 1. The molecule has 0 saturated heterocycles. The molecule has 1 amide bonds. The maximum Gasteiger partial charge on any atom is 0.329 e. The van der Waals surface area contributed by atoms with Gasteiger partial charge in [-0.3, -0.25) is 13.9 Å². The highest BCUT2D eigenvalue weighted by Gasteiger charge is 2.14. The molecule has 0 aliphatic heterocycles. The second-order valence-corrected chi connectivity index (χ2v) is 5.98. The molecule has 3 aromatic rings. The molecule has 1 N–H and O–H groups in total. The van der Waals surface area contributed by atoms with Crippen molar-refractivity contribution in [2.75, 3.05) is 5.32 Å². The maximum atomic E-state index is 12.5. The topological polar surface area (TPSA) is 56.0 Å². The smallest absolute Gasteiger partial charge is 0.324 e. The molecule has 0 atom stereocenters. The van der Waals surface area contributed by atoms with Crippen LogP contribution < -0.4 is 11.0 Å². The van der Waals surface area contributed by atoms with Crippen molar-refractivity contribution in [2.24, 2.45) is 0 Å². The molecule has 5 nitrogen and oxygen atoms in total. The maximum absolute atomic E-state index is 12.5.